The van der Waals surface area contributed by atoms with Crippen molar-refractivity contribution < 1.29 is 9.53 Å². The lowest BCUT2D eigenvalue weighted by molar-refractivity contribution is -0.145. The Balaban J connectivity index is 1.87. The molecule has 0 amide bonds. The Morgan fingerprint density at radius 2 is 1.44 bits per heavy atom. The van der Waals surface area contributed by atoms with E-state index in [0.29, 0.717) is 13.0 Å². The second-order valence-corrected chi connectivity index (χ2v) is 6.75. The van der Waals surface area contributed by atoms with Gasteiger partial charge in [0.05, 0.1) is 0 Å². The summed E-state index contributed by atoms with van der Waals surface area (Å²) in [7, 11) is 0. The third-order valence-electron chi connectivity index (χ3n) is 4.27. The third kappa shape index (κ3) is 14.7. The van der Waals surface area contributed by atoms with E-state index in [2.05, 4.69) is 43.4 Å². The predicted octanol–water partition coefficient (Wildman–Crippen LogP) is 7.32. The zero-order chi connectivity index (χ0) is 19.4. The van der Waals surface area contributed by atoms with Crippen LogP contribution in [-0.4, -0.2) is 5.97 Å². The quantitative estimate of drug-likeness (QED) is 0.184. The van der Waals surface area contributed by atoms with Gasteiger partial charge in [-0.2, -0.15) is 0 Å². The van der Waals surface area contributed by atoms with E-state index in [-0.39, 0.29) is 5.97 Å². The molecule has 0 unspecified atom stereocenters. The van der Waals surface area contributed by atoms with E-state index in [1.54, 1.807) is 0 Å². The fourth-order valence-corrected chi connectivity index (χ4v) is 2.70. The Morgan fingerprint density at radius 1 is 0.815 bits per heavy atom. The first kappa shape index (κ1) is 23.0. The highest BCUT2D eigenvalue weighted by atomic mass is 16.5. The summed E-state index contributed by atoms with van der Waals surface area (Å²) in [5.41, 5.74) is 1.04. The highest BCUT2D eigenvalue weighted by Gasteiger charge is 2.02. The van der Waals surface area contributed by atoms with E-state index >= 15 is 0 Å². The van der Waals surface area contributed by atoms with Gasteiger partial charge in [0.25, 0.3) is 0 Å². The van der Waals surface area contributed by atoms with Crippen LogP contribution in [0.25, 0.3) is 0 Å². The summed E-state index contributed by atoms with van der Waals surface area (Å²) in [4.78, 5) is 11.7. The van der Waals surface area contributed by atoms with Crippen molar-refractivity contribution in [3.05, 3.63) is 72.4 Å². The van der Waals surface area contributed by atoms with Crippen LogP contribution in [-0.2, 0) is 16.1 Å². The van der Waals surface area contributed by atoms with Crippen LogP contribution in [0.4, 0.5) is 0 Å². The minimum atomic E-state index is -0.0833. The second-order valence-electron chi connectivity index (χ2n) is 6.75. The highest BCUT2D eigenvalue weighted by molar-refractivity contribution is 5.69. The minimum absolute atomic E-state index is 0.0833. The fourth-order valence-electron chi connectivity index (χ4n) is 2.70. The van der Waals surface area contributed by atoms with Gasteiger partial charge in [0.1, 0.15) is 6.61 Å². The molecule has 0 radical (unpaired) electrons. The van der Waals surface area contributed by atoms with Gasteiger partial charge in [-0.15, -0.1) is 0 Å². The predicted molar refractivity (Wildman–Crippen MR) is 116 cm³/mol. The van der Waals surface area contributed by atoms with Gasteiger partial charge in [-0.05, 0) is 44.1 Å². The van der Waals surface area contributed by atoms with Gasteiger partial charge in [-0.25, -0.2) is 0 Å². The Labute approximate surface area is 166 Å². The average Bonchev–Trinajstić information content (AvgIpc) is 2.70. The van der Waals surface area contributed by atoms with Gasteiger partial charge >= 0.3 is 5.97 Å². The molecule has 0 saturated carbocycles. The first-order chi connectivity index (χ1) is 13.3. The molecule has 27 heavy (non-hydrogen) atoms. The van der Waals surface area contributed by atoms with Crippen molar-refractivity contribution in [3.63, 3.8) is 0 Å². The zero-order valence-corrected chi connectivity index (χ0v) is 16.9. The molecule has 0 N–H and O–H groups in total. The number of ether oxygens (including phenoxy) is 1. The largest absolute Gasteiger partial charge is 0.461 e. The number of hydrogen-bond donors (Lipinski definition) is 0. The van der Waals surface area contributed by atoms with Crippen LogP contribution in [0.5, 0.6) is 0 Å². The Bertz CT molecular complexity index is 555. The maximum atomic E-state index is 11.7. The van der Waals surface area contributed by atoms with Crippen molar-refractivity contribution in [2.24, 2.45) is 0 Å². The monoisotopic (exact) mass is 368 g/mol. The Kier molecular flexibility index (Phi) is 14.7. The second kappa shape index (κ2) is 17.3. The van der Waals surface area contributed by atoms with Crippen molar-refractivity contribution in [1.82, 2.24) is 0 Å². The SMILES string of the molecule is CCC=CCC=CCC=CCCCCCCCC(=O)OCc1ccccc1. The summed E-state index contributed by atoms with van der Waals surface area (Å²) in [6, 6.07) is 9.83. The molecule has 1 aromatic carbocycles. The molecule has 0 saturated heterocycles. The number of hydrogen-bond acceptors (Lipinski definition) is 2. The first-order valence-electron chi connectivity index (χ1n) is 10.5. The smallest absolute Gasteiger partial charge is 0.306 e. The van der Waals surface area contributed by atoms with Crippen molar-refractivity contribution >= 4 is 5.97 Å². The normalized spacial score (nSPS) is 11.7. The topological polar surface area (TPSA) is 26.3 Å². The zero-order valence-electron chi connectivity index (χ0n) is 16.9. The molecule has 0 aliphatic rings. The van der Waals surface area contributed by atoms with Gasteiger partial charge in [0.2, 0.25) is 0 Å². The van der Waals surface area contributed by atoms with E-state index in [9.17, 15) is 4.79 Å². The molecular formula is C25H36O2. The molecule has 148 valence electrons. The summed E-state index contributed by atoms with van der Waals surface area (Å²) >= 11 is 0. The van der Waals surface area contributed by atoms with Crippen molar-refractivity contribution in [3.8, 4) is 0 Å². The molecule has 1 aromatic rings. The molecule has 1 rings (SSSR count). The summed E-state index contributed by atoms with van der Waals surface area (Å²) in [5.74, 6) is -0.0833. The Morgan fingerprint density at radius 3 is 2.19 bits per heavy atom. The number of unbranched alkanes of at least 4 members (excludes halogenated alkanes) is 5. The minimum Gasteiger partial charge on any atom is -0.461 e. The van der Waals surface area contributed by atoms with Gasteiger partial charge in [0.15, 0.2) is 0 Å². The molecule has 0 heterocycles. The fraction of sp³-hybridized carbons (Fsp3) is 0.480. The van der Waals surface area contributed by atoms with Crippen molar-refractivity contribution in [2.45, 2.75) is 77.7 Å². The molecule has 0 aromatic heterocycles. The number of esters is 1. The van der Waals surface area contributed by atoms with Crippen LogP contribution >= 0.6 is 0 Å². The van der Waals surface area contributed by atoms with Crippen LogP contribution < -0.4 is 0 Å². The summed E-state index contributed by atoms with van der Waals surface area (Å²) in [6.45, 7) is 2.54. The van der Waals surface area contributed by atoms with E-state index in [1.807, 2.05) is 30.3 Å². The molecule has 2 heteroatoms. The van der Waals surface area contributed by atoms with E-state index in [0.717, 1.165) is 44.1 Å². The molecule has 0 aliphatic heterocycles. The van der Waals surface area contributed by atoms with Gasteiger partial charge < -0.3 is 4.74 Å². The van der Waals surface area contributed by atoms with Crippen molar-refractivity contribution in [1.29, 1.82) is 0 Å². The Hall–Kier alpha value is -2.09. The van der Waals surface area contributed by atoms with E-state index in [4.69, 9.17) is 4.74 Å². The molecule has 0 spiro atoms. The number of carbonyl (C=O) groups is 1. The maximum Gasteiger partial charge on any atom is 0.306 e. The third-order valence-corrected chi connectivity index (χ3v) is 4.27. The highest BCUT2D eigenvalue weighted by Crippen LogP contribution is 2.09. The molecule has 2 nitrogen and oxygen atoms in total. The number of allylic oxidation sites excluding steroid dienone is 6. The molecule has 0 aliphatic carbocycles. The summed E-state index contributed by atoms with van der Waals surface area (Å²) in [6.07, 6.45) is 24.0. The lowest BCUT2D eigenvalue weighted by Gasteiger charge is -2.05. The van der Waals surface area contributed by atoms with Crippen LogP contribution in [0.2, 0.25) is 0 Å². The number of benzene rings is 1. The first-order valence-corrected chi connectivity index (χ1v) is 10.5. The number of rotatable bonds is 15. The summed E-state index contributed by atoms with van der Waals surface area (Å²) < 4.78 is 5.29. The van der Waals surface area contributed by atoms with Crippen LogP contribution in [0, 0.1) is 0 Å². The van der Waals surface area contributed by atoms with Crippen LogP contribution in [0.3, 0.4) is 0 Å². The molecular weight excluding hydrogens is 332 g/mol. The average molecular weight is 369 g/mol. The van der Waals surface area contributed by atoms with E-state index in [1.165, 1.54) is 19.3 Å². The molecule has 0 fully saturated rings. The maximum absolute atomic E-state index is 11.7. The van der Waals surface area contributed by atoms with E-state index < -0.39 is 0 Å². The van der Waals surface area contributed by atoms with Crippen LogP contribution in [0.1, 0.15) is 76.7 Å². The summed E-state index contributed by atoms with van der Waals surface area (Å²) in [5, 5.41) is 0. The molecule has 0 bridgehead atoms. The van der Waals surface area contributed by atoms with Gasteiger partial charge in [0, 0.05) is 6.42 Å². The van der Waals surface area contributed by atoms with Gasteiger partial charge in [-0.3, -0.25) is 4.79 Å². The standard InChI is InChI=1S/C25H36O2/c1-2-3-4-5-6-7-8-9-10-11-12-13-14-15-19-22-25(26)27-23-24-20-17-16-18-21-24/h3-4,6-7,9-10,16-18,20-21H,2,5,8,11-15,19,22-23H2,1H3. The molecule has 0 atom stereocenters. The van der Waals surface area contributed by atoms with Crippen molar-refractivity contribution in [2.75, 3.05) is 0 Å². The lowest BCUT2D eigenvalue weighted by atomic mass is 10.1. The lowest BCUT2D eigenvalue weighted by Crippen LogP contribution is -2.04. The van der Waals surface area contributed by atoms with Crippen LogP contribution in [0.15, 0.2) is 66.8 Å². The number of carbonyl (C=O) groups excluding carboxylic acids is 1. The van der Waals surface area contributed by atoms with Gasteiger partial charge in [-0.1, -0.05) is 93.0 Å².